The fourth-order valence-corrected chi connectivity index (χ4v) is 9.82. The number of β-amino-alcohol motifs (C(OH)–C–C–N with tert-alkyl or cyclic N) is 1. The molecule has 2 aliphatic rings. The van der Waals surface area contributed by atoms with E-state index in [-0.39, 0.29) is 57.4 Å². The van der Waals surface area contributed by atoms with Crippen LogP contribution in [-0.4, -0.2) is 124 Å². The van der Waals surface area contributed by atoms with Crippen molar-refractivity contribution < 1.29 is 51.3 Å². The Labute approximate surface area is 403 Å². The molecule has 0 spiro atoms. The Morgan fingerprint density at radius 2 is 1.72 bits per heavy atom. The van der Waals surface area contributed by atoms with Crippen molar-refractivity contribution in [2.45, 2.75) is 110 Å². The van der Waals surface area contributed by atoms with Gasteiger partial charge in [0.05, 0.1) is 66.5 Å². The molecule has 7 rings (SSSR count). The van der Waals surface area contributed by atoms with Crippen LogP contribution in [0.2, 0.25) is 0 Å². The first-order chi connectivity index (χ1) is 32.9. The van der Waals surface area contributed by atoms with E-state index in [1.54, 1.807) is 23.8 Å². The second-order valence-corrected chi connectivity index (χ2v) is 19.7. The molecule has 1 saturated heterocycles. The number of pyridine rings is 1. The maximum absolute atomic E-state index is 15.8. The summed E-state index contributed by atoms with van der Waals surface area (Å²) >= 11 is 1.56. The van der Waals surface area contributed by atoms with E-state index >= 15 is 4.39 Å². The van der Waals surface area contributed by atoms with Crippen molar-refractivity contribution in [1.29, 1.82) is 0 Å². The van der Waals surface area contributed by atoms with E-state index in [2.05, 4.69) is 25.6 Å². The number of unbranched alkanes of at least 4 members (excludes halogenated alkanes) is 2. The highest BCUT2D eigenvalue weighted by Gasteiger charge is 2.45. The standard InChI is InChI=1S/C50H61F4N7O7S/c1-30-21-37-36-11-7-8-12-39(36)58-42(37)44(61(30)28-50(52,53)54)43-38(51)23-35(25-55-43)68-18-10-6-9-17-66-19-20-67-27-41(63)59-46(49(3,4)5)48(65)60-26-34(62)22-40(60)47(64)56-24-32-13-15-33(16-14-32)45-31(2)57-29-69-45/h7-8,11-16,23,25,29-30,34,40,44,46,58,62H,6,9-10,17-22,24,26-28H2,1-5H3,(H,56,64)(H,59,63)/t30-,34-,40+,44+,46?/m1/s1. The van der Waals surface area contributed by atoms with Crippen molar-refractivity contribution in [3.05, 3.63) is 100 Å². The molecule has 3 aromatic heterocycles. The number of aryl methyl sites for hydroxylation is 1. The first kappa shape index (κ1) is 51.4. The van der Waals surface area contributed by atoms with Gasteiger partial charge in [-0.15, -0.1) is 11.3 Å². The van der Waals surface area contributed by atoms with Crippen LogP contribution in [0.4, 0.5) is 17.6 Å². The van der Waals surface area contributed by atoms with Crippen molar-refractivity contribution in [3.8, 4) is 16.2 Å². The fraction of sp³-hybridized carbons (Fsp3) is 0.500. The monoisotopic (exact) mass is 979 g/mol. The first-order valence-corrected chi connectivity index (χ1v) is 24.2. The zero-order chi connectivity index (χ0) is 49.5. The molecule has 5 atom stereocenters. The minimum Gasteiger partial charge on any atom is -0.492 e. The number of aromatic amines is 1. The number of nitrogens with zero attached hydrogens (tertiary/aromatic N) is 4. The molecule has 5 heterocycles. The zero-order valence-corrected chi connectivity index (χ0v) is 40.4. The van der Waals surface area contributed by atoms with Gasteiger partial charge in [-0.1, -0.05) is 63.2 Å². The number of hydrogen-bond acceptors (Lipinski definition) is 11. The predicted octanol–water partition coefficient (Wildman–Crippen LogP) is 7.42. The number of aliphatic hydroxyl groups is 1. The molecule has 2 aromatic carbocycles. The third-order valence-electron chi connectivity index (χ3n) is 12.5. The number of fused-ring (bicyclic) bond motifs is 3. The van der Waals surface area contributed by atoms with E-state index in [0.717, 1.165) is 44.6 Å². The Hall–Kier alpha value is -5.47. The van der Waals surface area contributed by atoms with Gasteiger partial charge in [-0.05, 0) is 67.7 Å². The molecule has 5 aromatic rings. The average Bonchev–Trinajstić information content (AvgIpc) is 4.02. The number of carbonyl (C=O) groups is 3. The molecule has 0 aliphatic carbocycles. The maximum atomic E-state index is 15.8. The Morgan fingerprint density at radius 3 is 2.43 bits per heavy atom. The number of aliphatic hydroxyl groups excluding tert-OH is 1. The van der Waals surface area contributed by atoms with Gasteiger partial charge in [0.15, 0.2) is 0 Å². The minimum absolute atomic E-state index is 0.0409. The summed E-state index contributed by atoms with van der Waals surface area (Å²) in [6.45, 7) is 8.78. The van der Waals surface area contributed by atoms with Gasteiger partial charge in [0.1, 0.15) is 30.3 Å². The van der Waals surface area contributed by atoms with Gasteiger partial charge < -0.3 is 39.8 Å². The molecule has 0 bridgehead atoms. The number of likely N-dealkylation sites (tertiary alicyclic amines) is 1. The molecule has 0 radical (unpaired) electrons. The molecule has 69 heavy (non-hydrogen) atoms. The number of para-hydroxylation sites is 1. The lowest BCUT2D eigenvalue weighted by atomic mass is 9.85. The van der Waals surface area contributed by atoms with Crippen LogP contribution in [0.3, 0.4) is 0 Å². The Balaban J connectivity index is 0.797. The largest absolute Gasteiger partial charge is 0.492 e. The molecule has 1 fully saturated rings. The number of carbonyl (C=O) groups excluding carboxylic acids is 3. The van der Waals surface area contributed by atoms with Crippen LogP contribution in [-0.2, 0) is 36.8 Å². The molecule has 3 amide bonds. The third kappa shape index (κ3) is 13.0. The van der Waals surface area contributed by atoms with Crippen LogP contribution >= 0.6 is 11.3 Å². The number of amides is 3. The van der Waals surface area contributed by atoms with Gasteiger partial charge in [-0.3, -0.25) is 24.3 Å². The molecule has 14 nitrogen and oxygen atoms in total. The van der Waals surface area contributed by atoms with E-state index in [4.69, 9.17) is 14.2 Å². The summed E-state index contributed by atoms with van der Waals surface area (Å²) in [5, 5.41) is 17.1. The van der Waals surface area contributed by atoms with E-state index in [1.165, 1.54) is 22.1 Å². The Bertz CT molecular complexity index is 2550. The van der Waals surface area contributed by atoms with E-state index in [0.29, 0.717) is 31.6 Å². The lowest BCUT2D eigenvalue weighted by Crippen LogP contribution is -2.58. The summed E-state index contributed by atoms with van der Waals surface area (Å²) in [6.07, 6.45) is -1.55. The highest BCUT2D eigenvalue weighted by molar-refractivity contribution is 7.13. The van der Waals surface area contributed by atoms with Crippen molar-refractivity contribution in [1.82, 2.24) is 35.4 Å². The number of ether oxygens (including phenoxy) is 3. The summed E-state index contributed by atoms with van der Waals surface area (Å²) in [7, 11) is 0. The summed E-state index contributed by atoms with van der Waals surface area (Å²) in [6, 6.07) is 12.9. The zero-order valence-electron chi connectivity index (χ0n) is 39.5. The van der Waals surface area contributed by atoms with Crippen LogP contribution in [0.5, 0.6) is 5.75 Å². The quantitative estimate of drug-likeness (QED) is 0.0455. The van der Waals surface area contributed by atoms with Gasteiger partial charge in [-0.25, -0.2) is 9.37 Å². The number of halogens is 4. The number of thiazole rings is 1. The molecule has 19 heteroatoms. The van der Waals surface area contributed by atoms with Crippen molar-refractivity contribution in [3.63, 3.8) is 0 Å². The van der Waals surface area contributed by atoms with Crippen LogP contribution in [0.25, 0.3) is 21.3 Å². The van der Waals surface area contributed by atoms with Gasteiger partial charge in [0, 0.05) is 54.8 Å². The first-order valence-electron chi connectivity index (χ1n) is 23.3. The molecule has 372 valence electrons. The van der Waals surface area contributed by atoms with Crippen LogP contribution in [0.15, 0.2) is 66.3 Å². The summed E-state index contributed by atoms with van der Waals surface area (Å²) in [4.78, 5) is 55.9. The topological polar surface area (TPSA) is 171 Å². The number of aromatic nitrogens is 3. The average molecular weight is 980 g/mol. The van der Waals surface area contributed by atoms with E-state index < -0.39 is 71.9 Å². The van der Waals surface area contributed by atoms with Crippen molar-refractivity contribution in [2.75, 3.05) is 46.1 Å². The molecular formula is C50H61F4N7O7S. The molecule has 4 N–H and O–H groups in total. The predicted molar refractivity (Wildman–Crippen MR) is 253 cm³/mol. The van der Waals surface area contributed by atoms with Crippen molar-refractivity contribution >= 4 is 40.0 Å². The van der Waals surface area contributed by atoms with Crippen molar-refractivity contribution in [2.24, 2.45) is 5.41 Å². The number of nitrogens with one attached hydrogen (secondary N) is 3. The second-order valence-electron chi connectivity index (χ2n) is 18.9. The highest BCUT2D eigenvalue weighted by Crippen LogP contribution is 2.42. The van der Waals surface area contributed by atoms with Gasteiger partial charge in [-0.2, -0.15) is 13.2 Å². The highest BCUT2D eigenvalue weighted by atomic mass is 32.1. The summed E-state index contributed by atoms with van der Waals surface area (Å²) in [5.74, 6) is -1.96. The van der Waals surface area contributed by atoms with Gasteiger partial charge >= 0.3 is 6.18 Å². The van der Waals surface area contributed by atoms with E-state index in [1.807, 2.05) is 76.2 Å². The molecule has 1 unspecified atom stereocenters. The summed E-state index contributed by atoms with van der Waals surface area (Å²) in [5.41, 5.74) is 5.96. The maximum Gasteiger partial charge on any atom is 0.401 e. The number of alkyl halides is 3. The van der Waals surface area contributed by atoms with Crippen LogP contribution in [0.1, 0.15) is 87.6 Å². The summed E-state index contributed by atoms with van der Waals surface area (Å²) < 4.78 is 74.1. The fourth-order valence-electron chi connectivity index (χ4n) is 9.01. The SMILES string of the molecule is Cc1ncsc1-c1ccc(CNC(=O)[C@@H]2C[C@@H](O)CN2C(=O)C(NC(=O)COCCOCCCCCOc2cnc([C@@H]3c4[nH]c5ccccc5c4C[C@@H](C)N3CC(F)(F)F)c(F)c2)C(C)(C)C)cc1. The normalized spacial score (nSPS) is 19.1. The van der Waals surface area contributed by atoms with Gasteiger partial charge in [0.2, 0.25) is 17.7 Å². The molecule has 2 aliphatic heterocycles. The number of H-pyrrole nitrogens is 1. The van der Waals surface area contributed by atoms with Gasteiger partial charge in [0.25, 0.3) is 0 Å². The lowest BCUT2D eigenvalue weighted by molar-refractivity contribution is -0.155. The number of benzene rings is 2. The third-order valence-corrected chi connectivity index (χ3v) is 13.5. The van der Waals surface area contributed by atoms with Crippen LogP contribution in [0, 0.1) is 18.2 Å². The number of hydrogen-bond donors (Lipinski definition) is 4. The lowest BCUT2D eigenvalue weighted by Gasteiger charge is -2.40. The Kier molecular flexibility index (Phi) is 16.8. The second kappa shape index (κ2) is 22.5. The molecular weight excluding hydrogens is 919 g/mol. The molecule has 0 saturated carbocycles. The minimum atomic E-state index is -4.50. The number of rotatable bonds is 20. The Morgan fingerprint density at radius 1 is 0.986 bits per heavy atom. The van der Waals surface area contributed by atoms with E-state index in [9.17, 15) is 32.7 Å². The smallest absolute Gasteiger partial charge is 0.401 e. The van der Waals surface area contributed by atoms with Crippen LogP contribution < -0.4 is 15.4 Å².